The quantitative estimate of drug-likeness (QED) is 0.544. The molecule has 0 spiro atoms. The van der Waals surface area contributed by atoms with E-state index in [0.29, 0.717) is 24.5 Å². The Kier molecular flexibility index (Phi) is 5.92. The van der Waals surface area contributed by atoms with E-state index in [4.69, 9.17) is 4.74 Å². The molecule has 0 amide bonds. The molecule has 0 aliphatic carbocycles. The summed E-state index contributed by atoms with van der Waals surface area (Å²) in [5, 5.41) is 6.98. The molecule has 4 heteroatoms. The fourth-order valence-corrected chi connectivity index (χ4v) is 2.29. The van der Waals surface area contributed by atoms with Gasteiger partial charge in [0, 0.05) is 19.0 Å². The van der Waals surface area contributed by atoms with Gasteiger partial charge in [-0.1, -0.05) is 13.8 Å². The highest BCUT2D eigenvalue weighted by Crippen LogP contribution is 2.24. The Balaban J connectivity index is 2.15. The lowest BCUT2D eigenvalue weighted by Gasteiger charge is -2.39. The van der Waals surface area contributed by atoms with Gasteiger partial charge < -0.3 is 15.4 Å². The minimum absolute atomic E-state index is 0.0844. The molecule has 100 valence electrons. The lowest BCUT2D eigenvalue weighted by molar-refractivity contribution is -0.143. The first-order valence-corrected chi connectivity index (χ1v) is 6.66. The van der Waals surface area contributed by atoms with Gasteiger partial charge in [-0.25, -0.2) is 0 Å². The number of esters is 1. The number of nitrogens with one attached hydrogen (secondary N) is 2. The summed E-state index contributed by atoms with van der Waals surface area (Å²) < 4.78 is 4.90. The van der Waals surface area contributed by atoms with E-state index in [1.165, 1.54) is 0 Å². The van der Waals surface area contributed by atoms with E-state index in [9.17, 15) is 4.79 Å². The minimum atomic E-state index is -0.0844. The molecular weight excluding hydrogens is 216 g/mol. The van der Waals surface area contributed by atoms with Crippen LogP contribution in [0.5, 0.6) is 0 Å². The van der Waals surface area contributed by atoms with E-state index in [2.05, 4.69) is 24.5 Å². The molecule has 1 heterocycles. The molecular formula is C13H26N2O2. The summed E-state index contributed by atoms with van der Waals surface area (Å²) in [4.78, 5) is 11.2. The molecule has 1 saturated heterocycles. The van der Waals surface area contributed by atoms with Gasteiger partial charge >= 0.3 is 5.97 Å². The van der Waals surface area contributed by atoms with Gasteiger partial charge in [-0.15, -0.1) is 0 Å². The SMILES string of the molecule is CCOC(=O)CCCNC1CCNCC1(C)C. The van der Waals surface area contributed by atoms with Crippen molar-refractivity contribution < 1.29 is 9.53 Å². The summed E-state index contributed by atoms with van der Waals surface area (Å²) in [6.45, 7) is 9.92. The third-order valence-electron chi connectivity index (χ3n) is 3.39. The molecule has 1 unspecified atom stereocenters. The lowest BCUT2D eigenvalue weighted by atomic mass is 9.80. The van der Waals surface area contributed by atoms with E-state index in [1.54, 1.807) is 0 Å². The van der Waals surface area contributed by atoms with Gasteiger partial charge in [0.1, 0.15) is 0 Å². The fraction of sp³-hybridized carbons (Fsp3) is 0.923. The molecule has 1 aliphatic rings. The van der Waals surface area contributed by atoms with Gasteiger partial charge in [0.15, 0.2) is 0 Å². The molecule has 1 aliphatic heterocycles. The van der Waals surface area contributed by atoms with Crippen LogP contribution in [-0.4, -0.2) is 38.3 Å². The topological polar surface area (TPSA) is 50.4 Å². The van der Waals surface area contributed by atoms with Crippen LogP contribution in [0.4, 0.5) is 0 Å². The number of hydrogen-bond donors (Lipinski definition) is 2. The van der Waals surface area contributed by atoms with Crippen molar-refractivity contribution in [2.24, 2.45) is 5.41 Å². The standard InChI is InChI=1S/C13H26N2O2/c1-4-17-12(16)6-5-8-15-11-7-9-14-10-13(11,2)3/h11,14-15H,4-10H2,1-3H3. The number of piperidine rings is 1. The maximum Gasteiger partial charge on any atom is 0.305 e. The van der Waals surface area contributed by atoms with Gasteiger partial charge in [-0.05, 0) is 38.3 Å². The summed E-state index contributed by atoms with van der Waals surface area (Å²) in [5.74, 6) is -0.0844. The first-order chi connectivity index (χ1) is 8.06. The third kappa shape index (κ3) is 5.04. The molecule has 0 aromatic heterocycles. The van der Waals surface area contributed by atoms with Crippen LogP contribution >= 0.6 is 0 Å². The van der Waals surface area contributed by atoms with Crippen molar-refractivity contribution in [2.45, 2.75) is 46.1 Å². The minimum Gasteiger partial charge on any atom is -0.466 e. The van der Waals surface area contributed by atoms with Gasteiger partial charge in [-0.3, -0.25) is 4.79 Å². The number of rotatable bonds is 6. The maximum atomic E-state index is 11.2. The fourth-order valence-electron chi connectivity index (χ4n) is 2.29. The van der Waals surface area contributed by atoms with Crippen molar-refractivity contribution in [3.8, 4) is 0 Å². The molecule has 1 rings (SSSR count). The van der Waals surface area contributed by atoms with E-state index in [-0.39, 0.29) is 5.97 Å². The highest BCUT2D eigenvalue weighted by molar-refractivity contribution is 5.69. The van der Waals surface area contributed by atoms with Crippen molar-refractivity contribution in [1.82, 2.24) is 10.6 Å². The predicted molar refractivity (Wildman–Crippen MR) is 68.9 cm³/mol. The molecule has 4 nitrogen and oxygen atoms in total. The zero-order valence-corrected chi connectivity index (χ0v) is 11.3. The summed E-state index contributed by atoms with van der Waals surface area (Å²) in [6.07, 6.45) is 2.54. The smallest absolute Gasteiger partial charge is 0.305 e. The average molecular weight is 242 g/mol. The van der Waals surface area contributed by atoms with Crippen molar-refractivity contribution in [3.05, 3.63) is 0 Å². The second-order valence-electron chi connectivity index (χ2n) is 5.37. The first kappa shape index (κ1) is 14.5. The summed E-state index contributed by atoms with van der Waals surface area (Å²) >= 11 is 0. The van der Waals surface area contributed by atoms with Crippen molar-refractivity contribution in [2.75, 3.05) is 26.2 Å². The van der Waals surface area contributed by atoms with Crippen LogP contribution in [0.15, 0.2) is 0 Å². The Labute approximate surface area is 104 Å². The van der Waals surface area contributed by atoms with Crippen LogP contribution in [0.3, 0.4) is 0 Å². The first-order valence-electron chi connectivity index (χ1n) is 6.66. The number of carbonyl (C=O) groups is 1. The van der Waals surface area contributed by atoms with Crippen molar-refractivity contribution in [1.29, 1.82) is 0 Å². The van der Waals surface area contributed by atoms with E-state index >= 15 is 0 Å². The molecule has 0 bridgehead atoms. The molecule has 2 N–H and O–H groups in total. The van der Waals surface area contributed by atoms with Crippen molar-refractivity contribution >= 4 is 5.97 Å². The second kappa shape index (κ2) is 6.97. The highest BCUT2D eigenvalue weighted by Gasteiger charge is 2.31. The molecule has 1 atom stereocenters. The molecule has 17 heavy (non-hydrogen) atoms. The van der Waals surface area contributed by atoms with Gasteiger partial charge in [0.05, 0.1) is 6.61 Å². The third-order valence-corrected chi connectivity index (χ3v) is 3.39. The monoisotopic (exact) mass is 242 g/mol. The molecule has 0 radical (unpaired) electrons. The van der Waals surface area contributed by atoms with E-state index < -0.39 is 0 Å². The van der Waals surface area contributed by atoms with Crippen LogP contribution in [0.1, 0.15) is 40.0 Å². The Morgan fingerprint density at radius 1 is 1.53 bits per heavy atom. The lowest BCUT2D eigenvalue weighted by Crippen LogP contribution is -2.53. The number of carbonyl (C=O) groups excluding carboxylic acids is 1. The maximum absolute atomic E-state index is 11.2. The van der Waals surface area contributed by atoms with E-state index in [1.807, 2.05) is 6.92 Å². The van der Waals surface area contributed by atoms with Crippen LogP contribution in [0.2, 0.25) is 0 Å². The Hall–Kier alpha value is -0.610. The molecule has 0 saturated carbocycles. The summed E-state index contributed by atoms with van der Waals surface area (Å²) in [6, 6.07) is 0.547. The van der Waals surface area contributed by atoms with Gasteiger partial charge in [0.25, 0.3) is 0 Å². The van der Waals surface area contributed by atoms with Crippen molar-refractivity contribution in [3.63, 3.8) is 0 Å². The van der Waals surface area contributed by atoms with Crippen LogP contribution in [-0.2, 0) is 9.53 Å². The van der Waals surface area contributed by atoms with E-state index in [0.717, 1.165) is 32.5 Å². The molecule has 1 fully saturated rings. The van der Waals surface area contributed by atoms with Crippen LogP contribution < -0.4 is 10.6 Å². The number of ether oxygens (including phenoxy) is 1. The largest absolute Gasteiger partial charge is 0.466 e. The summed E-state index contributed by atoms with van der Waals surface area (Å²) in [7, 11) is 0. The second-order valence-corrected chi connectivity index (χ2v) is 5.37. The Morgan fingerprint density at radius 2 is 2.29 bits per heavy atom. The number of hydrogen-bond acceptors (Lipinski definition) is 4. The predicted octanol–water partition coefficient (Wildman–Crippen LogP) is 1.31. The zero-order chi connectivity index (χ0) is 12.7. The average Bonchev–Trinajstić information content (AvgIpc) is 2.26. The zero-order valence-electron chi connectivity index (χ0n) is 11.3. The summed E-state index contributed by atoms with van der Waals surface area (Å²) in [5.41, 5.74) is 0.294. The van der Waals surface area contributed by atoms with Gasteiger partial charge in [-0.2, -0.15) is 0 Å². The molecule has 0 aromatic rings. The molecule has 0 aromatic carbocycles. The normalized spacial score (nSPS) is 23.4. The van der Waals surface area contributed by atoms with Crippen LogP contribution in [0, 0.1) is 5.41 Å². The van der Waals surface area contributed by atoms with Crippen LogP contribution in [0.25, 0.3) is 0 Å². The Bertz CT molecular complexity index is 242. The Morgan fingerprint density at radius 3 is 2.94 bits per heavy atom. The van der Waals surface area contributed by atoms with Gasteiger partial charge in [0.2, 0.25) is 0 Å². The highest BCUT2D eigenvalue weighted by atomic mass is 16.5.